The molecule has 0 bridgehead atoms. The molecule has 1 aliphatic rings. The Balaban J connectivity index is 1.92. The van der Waals surface area contributed by atoms with E-state index in [-0.39, 0.29) is 17.9 Å². The Hall–Kier alpha value is -2.65. The highest BCUT2D eigenvalue weighted by Gasteiger charge is 2.37. The second kappa shape index (κ2) is 5.71. The van der Waals surface area contributed by atoms with Crippen molar-refractivity contribution in [3.63, 3.8) is 0 Å². The molecule has 0 atom stereocenters. The number of hydrogen-bond donors (Lipinski definition) is 1. The first-order valence-electron chi connectivity index (χ1n) is 6.98. The summed E-state index contributed by atoms with van der Waals surface area (Å²) in [6.07, 6.45) is -7.06. The van der Waals surface area contributed by atoms with E-state index in [1.807, 2.05) is 0 Å². The van der Waals surface area contributed by atoms with Gasteiger partial charge in [0.1, 0.15) is 17.3 Å². The zero-order valence-corrected chi connectivity index (χ0v) is 12.7. The topological polar surface area (TPSA) is 41.2 Å². The summed E-state index contributed by atoms with van der Waals surface area (Å²) in [5, 5.41) is 0. The highest BCUT2D eigenvalue weighted by atomic mass is 19.4. The van der Waals surface area contributed by atoms with Gasteiger partial charge < -0.3 is 14.6 Å². The predicted molar refractivity (Wildman–Crippen MR) is 77.5 cm³/mol. The fourth-order valence-corrected chi connectivity index (χ4v) is 2.50. The number of nitrogens with zero attached hydrogens (tertiary/aromatic N) is 2. The van der Waals surface area contributed by atoms with Gasteiger partial charge >= 0.3 is 12.5 Å². The molecule has 0 unspecified atom stereocenters. The van der Waals surface area contributed by atoms with Crippen LogP contribution in [-0.2, 0) is 0 Å². The number of aromatic nitrogens is 2. The summed E-state index contributed by atoms with van der Waals surface area (Å²) in [7, 11) is 1.30. The van der Waals surface area contributed by atoms with Crippen molar-refractivity contribution in [2.24, 2.45) is 0 Å². The van der Waals surface area contributed by atoms with Gasteiger partial charge in [0, 0.05) is 25.2 Å². The van der Waals surface area contributed by atoms with Gasteiger partial charge in [0.25, 0.3) is 0 Å². The molecule has 2 aromatic rings. The molecule has 0 aliphatic carbocycles. The molecule has 1 N–H and O–H groups in total. The molecule has 4 nitrogen and oxygen atoms in total. The number of halogens is 6. The summed E-state index contributed by atoms with van der Waals surface area (Å²) in [6, 6.07) is 3.58. The van der Waals surface area contributed by atoms with E-state index in [9.17, 15) is 26.3 Å². The van der Waals surface area contributed by atoms with Crippen LogP contribution in [-0.4, -0.2) is 41.0 Å². The number of alkyl halides is 6. The number of imidazole rings is 1. The molecule has 0 saturated heterocycles. The third-order valence-electron chi connectivity index (χ3n) is 3.54. The van der Waals surface area contributed by atoms with Gasteiger partial charge in [-0.25, -0.2) is 4.98 Å². The molecule has 1 aromatic carbocycles. The molecule has 0 saturated carbocycles. The first-order valence-corrected chi connectivity index (χ1v) is 6.98. The van der Waals surface area contributed by atoms with E-state index >= 15 is 0 Å². The summed E-state index contributed by atoms with van der Waals surface area (Å²) in [5.74, 6) is -0.132. The van der Waals surface area contributed by atoms with Crippen LogP contribution in [0.1, 0.15) is 5.82 Å². The lowest BCUT2D eigenvalue weighted by Crippen LogP contribution is -2.31. The third kappa shape index (κ3) is 3.72. The maximum Gasteiger partial charge on any atom is 0.573 e. The SMILES string of the molecule is CN1CC(c2nc3ccc(OC(F)(F)F)cc3[nH]2)=CC=C1C(F)(F)F. The number of hydrogen-bond acceptors (Lipinski definition) is 3. The molecule has 0 amide bonds. The minimum Gasteiger partial charge on any atom is -0.406 e. The van der Waals surface area contributed by atoms with E-state index in [4.69, 9.17) is 0 Å². The van der Waals surface area contributed by atoms with Crippen molar-refractivity contribution >= 4 is 16.6 Å². The normalized spacial score (nSPS) is 16.0. The van der Waals surface area contributed by atoms with Gasteiger partial charge in [-0.05, 0) is 18.2 Å². The van der Waals surface area contributed by atoms with Crippen LogP contribution < -0.4 is 4.74 Å². The van der Waals surface area contributed by atoms with E-state index in [2.05, 4.69) is 14.7 Å². The van der Waals surface area contributed by atoms with Crippen LogP contribution in [0.15, 0.2) is 36.0 Å². The maximum atomic E-state index is 12.8. The van der Waals surface area contributed by atoms with E-state index in [0.717, 1.165) is 23.1 Å². The number of likely N-dealkylation sites (N-methyl/N-ethyl adjacent to an activating group) is 1. The quantitative estimate of drug-likeness (QED) is 0.812. The molecule has 1 aromatic heterocycles. The Bertz CT molecular complexity index is 862. The van der Waals surface area contributed by atoms with E-state index in [1.165, 1.54) is 19.2 Å². The molecule has 10 heteroatoms. The Morgan fingerprint density at radius 3 is 2.44 bits per heavy atom. The van der Waals surface area contributed by atoms with Gasteiger partial charge in [-0.1, -0.05) is 6.08 Å². The summed E-state index contributed by atoms with van der Waals surface area (Å²) in [4.78, 5) is 8.03. The van der Waals surface area contributed by atoms with Crippen molar-refractivity contribution in [2.45, 2.75) is 12.5 Å². The first kappa shape index (κ1) is 17.2. The third-order valence-corrected chi connectivity index (χ3v) is 3.54. The van der Waals surface area contributed by atoms with E-state index < -0.39 is 24.0 Å². The summed E-state index contributed by atoms with van der Waals surface area (Å²) in [5.41, 5.74) is 0.350. The fraction of sp³-hybridized carbons (Fsp3) is 0.267. The van der Waals surface area contributed by atoms with Crippen molar-refractivity contribution in [3.05, 3.63) is 41.9 Å². The molecular formula is C15H11F6N3O. The Kier molecular flexibility index (Phi) is 3.92. The zero-order valence-electron chi connectivity index (χ0n) is 12.7. The lowest BCUT2D eigenvalue weighted by molar-refractivity contribution is -0.274. The van der Waals surface area contributed by atoms with Gasteiger partial charge in [0.05, 0.1) is 11.0 Å². The summed E-state index contributed by atoms with van der Waals surface area (Å²) < 4.78 is 79.0. The molecular weight excluding hydrogens is 352 g/mol. The zero-order chi connectivity index (χ0) is 18.4. The molecule has 25 heavy (non-hydrogen) atoms. The van der Waals surface area contributed by atoms with Crippen molar-refractivity contribution < 1.29 is 31.1 Å². The minimum atomic E-state index is -4.82. The van der Waals surface area contributed by atoms with Crippen LogP contribution in [0.2, 0.25) is 0 Å². The molecule has 2 heterocycles. The number of aromatic amines is 1. The van der Waals surface area contributed by atoms with Crippen LogP contribution in [0.5, 0.6) is 5.75 Å². The highest BCUT2D eigenvalue weighted by molar-refractivity contribution is 5.81. The van der Waals surface area contributed by atoms with Crippen LogP contribution >= 0.6 is 0 Å². The lowest BCUT2D eigenvalue weighted by atomic mass is 10.1. The molecule has 0 radical (unpaired) electrons. The first-order chi connectivity index (χ1) is 11.5. The van der Waals surface area contributed by atoms with E-state index in [1.54, 1.807) is 0 Å². The van der Waals surface area contributed by atoms with Gasteiger partial charge in [-0.3, -0.25) is 0 Å². The van der Waals surface area contributed by atoms with Gasteiger partial charge in [0.2, 0.25) is 0 Å². The summed E-state index contributed by atoms with van der Waals surface area (Å²) >= 11 is 0. The summed E-state index contributed by atoms with van der Waals surface area (Å²) in [6.45, 7) is -0.0446. The number of ether oxygens (including phenoxy) is 1. The predicted octanol–water partition coefficient (Wildman–Crippen LogP) is 4.24. The Morgan fingerprint density at radius 2 is 1.84 bits per heavy atom. The lowest BCUT2D eigenvalue weighted by Gasteiger charge is -2.27. The number of benzene rings is 1. The smallest absolute Gasteiger partial charge is 0.406 e. The van der Waals surface area contributed by atoms with Crippen molar-refractivity contribution in [1.82, 2.24) is 14.9 Å². The average Bonchev–Trinajstić information content (AvgIpc) is 2.87. The van der Waals surface area contributed by atoms with Crippen LogP contribution in [0.4, 0.5) is 26.3 Å². The van der Waals surface area contributed by atoms with Crippen LogP contribution in [0, 0.1) is 0 Å². The number of nitrogens with one attached hydrogen (secondary N) is 1. The number of rotatable bonds is 2. The molecule has 1 aliphatic heterocycles. The van der Waals surface area contributed by atoms with Gasteiger partial charge in [-0.2, -0.15) is 13.2 Å². The maximum absolute atomic E-state index is 12.8. The molecule has 3 rings (SSSR count). The monoisotopic (exact) mass is 363 g/mol. The van der Waals surface area contributed by atoms with E-state index in [0.29, 0.717) is 11.1 Å². The largest absolute Gasteiger partial charge is 0.573 e. The molecule has 0 fully saturated rings. The highest BCUT2D eigenvalue weighted by Crippen LogP contribution is 2.33. The number of allylic oxidation sites excluding steroid dienone is 3. The second-order valence-electron chi connectivity index (χ2n) is 5.41. The Labute approximate surface area is 137 Å². The van der Waals surface area contributed by atoms with Crippen LogP contribution in [0.25, 0.3) is 16.6 Å². The number of H-pyrrole nitrogens is 1. The average molecular weight is 363 g/mol. The van der Waals surface area contributed by atoms with Crippen LogP contribution in [0.3, 0.4) is 0 Å². The van der Waals surface area contributed by atoms with Gasteiger partial charge in [0.15, 0.2) is 0 Å². The molecule has 134 valence electrons. The van der Waals surface area contributed by atoms with Gasteiger partial charge in [-0.15, -0.1) is 13.2 Å². The van der Waals surface area contributed by atoms with Crippen molar-refractivity contribution in [3.8, 4) is 5.75 Å². The second-order valence-corrected chi connectivity index (χ2v) is 5.41. The fourth-order valence-electron chi connectivity index (χ4n) is 2.50. The standard InChI is InChI=1S/C15H11F6N3O/c1-24-7-8(2-5-12(24)14(16,17)18)13-22-10-4-3-9(6-11(10)23-13)25-15(19,20)21/h2-6H,7H2,1H3,(H,22,23). The molecule has 0 spiro atoms. The Morgan fingerprint density at radius 1 is 1.12 bits per heavy atom. The minimum absolute atomic E-state index is 0.0446. The number of fused-ring (bicyclic) bond motifs is 1. The van der Waals surface area contributed by atoms with Crippen molar-refractivity contribution in [2.75, 3.05) is 13.6 Å². The van der Waals surface area contributed by atoms with Crippen molar-refractivity contribution in [1.29, 1.82) is 0 Å².